The van der Waals surface area contributed by atoms with Gasteiger partial charge in [-0.3, -0.25) is 14.4 Å². The third-order valence-electron chi connectivity index (χ3n) is 4.87. The molecule has 160 valence electrons. The molecule has 1 aliphatic heterocycles. The summed E-state index contributed by atoms with van der Waals surface area (Å²) in [4.78, 5) is 39.8. The van der Waals surface area contributed by atoms with E-state index in [-0.39, 0.29) is 24.0 Å². The van der Waals surface area contributed by atoms with Crippen LogP contribution in [0.15, 0.2) is 42.6 Å². The second-order valence-electron chi connectivity index (χ2n) is 6.94. The number of nitrogens with zero attached hydrogens (tertiary/aromatic N) is 3. The largest absolute Gasteiger partial charge is 0.416 e. The Balaban J connectivity index is 1.60. The zero-order valence-electron chi connectivity index (χ0n) is 16.3. The second-order valence-corrected chi connectivity index (χ2v) is 6.94. The lowest BCUT2D eigenvalue weighted by molar-refractivity contribution is -0.137. The van der Waals surface area contributed by atoms with Crippen LogP contribution in [-0.2, 0) is 22.3 Å². The first-order chi connectivity index (χ1) is 14.1. The molecule has 1 aromatic carbocycles. The van der Waals surface area contributed by atoms with Crippen LogP contribution < -0.4 is 5.32 Å². The number of benzene rings is 1. The van der Waals surface area contributed by atoms with E-state index in [2.05, 4.69) is 5.32 Å². The van der Waals surface area contributed by atoms with Crippen molar-refractivity contribution < 1.29 is 27.6 Å². The number of anilines is 1. The van der Waals surface area contributed by atoms with E-state index in [0.717, 1.165) is 12.1 Å². The maximum atomic E-state index is 12.8. The third-order valence-corrected chi connectivity index (χ3v) is 4.87. The molecule has 0 aliphatic carbocycles. The summed E-state index contributed by atoms with van der Waals surface area (Å²) in [7, 11) is 0. The molecule has 3 rings (SSSR count). The van der Waals surface area contributed by atoms with Crippen molar-refractivity contribution in [1.29, 1.82) is 0 Å². The van der Waals surface area contributed by atoms with E-state index in [9.17, 15) is 27.6 Å². The number of rotatable bonds is 4. The number of aromatic nitrogens is 1. The summed E-state index contributed by atoms with van der Waals surface area (Å²) in [6, 6.07) is 7.38. The summed E-state index contributed by atoms with van der Waals surface area (Å²) in [6.45, 7) is 3.04. The molecule has 2 aromatic rings. The van der Waals surface area contributed by atoms with E-state index in [1.807, 2.05) is 0 Å². The van der Waals surface area contributed by atoms with Gasteiger partial charge < -0.3 is 19.7 Å². The Morgan fingerprint density at radius 3 is 2.13 bits per heavy atom. The summed E-state index contributed by atoms with van der Waals surface area (Å²) in [5.74, 6) is -0.752. The maximum Gasteiger partial charge on any atom is 0.416 e. The van der Waals surface area contributed by atoms with Gasteiger partial charge in [-0.2, -0.15) is 13.2 Å². The van der Waals surface area contributed by atoms with Gasteiger partial charge in [-0.25, -0.2) is 0 Å². The van der Waals surface area contributed by atoms with E-state index >= 15 is 0 Å². The molecule has 0 radical (unpaired) electrons. The number of carbonyl (C=O) groups is 3. The minimum Gasteiger partial charge on any atom is -0.339 e. The number of nitrogens with one attached hydrogen (secondary N) is 1. The fourth-order valence-corrected chi connectivity index (χ4v) is 3.23. The standard InChI is InChI=1S/C20H21F3N4O3/c1-14(28)25-9-11-26(12-10-25)19(30)17-3-2-8-27(17)13-18(29)24-16-6-4-15(5-7-16)20(21,22)23/h2-8H,9-13H2,1H3,(H,24,29). The van der Waals surface area contributed by atoms with Gasteiger partial charge in [0, 0.05) is 45.0 Å². The molecular weight excluding hydrogens is 401 g/mol. The summed E-state index contributed by atoms with van der Waals surface area (Å²) in [6.07, 6.45) is -2.86. The first kappa shape index (κ1) is 21.4. The van der Waals surface area contributed by atoms with Crippen LogP contribution in [0.4, 0.5) is 18.9 Å². The first-order valence-corrected chi connectivity index (χ1v) is 9.32. The van der Waals surface area contributed by atoms with Crippen LogP contribution in [0.3, 0.4) is 0 Å². The smallest absolute Gasteiger partial charge is 0.339 e. The van der Waals surface area contributed by atoms with E-state index in [1.54, 1.807) is 28.1 Å². The normalized spacial score (nSPS) is 14.5. The van der Waals surface area contributed by atoms with Crippen molar-refractivity contribution in [1.82, 2.24) is 14.4 Å². The minimum absolute atomic E-state index is 0.0367. The molecule has 3 amide bonds. The molecule has 1 fully saturated rings. The average Bonchev–Trinajstić information content (AvgIpc) is 3.15. The lowest BCUT2D eigenvalue weighted by atomic mass is 10.2. The molecule has 7 nitrogen and oxygen atoms in total. The van der Waals surface area contributed by atoms with Gasteiger partial charge in [0.05, 0.1) is 5.56 Å². The lowest BCUT2D eigenvalue weighted by Crippen LogP contribution is -2.50. The third kappa shape index (κ3) is 5.00. The molecule has 0 saturated carbocycles. The van der Waals surface area contributed by atoms with Gasteiger partial charge in [0.1, 0.15) is 12.2 Å². The Hall–Kier alpha value is -3.30. The zero-order chi connectivity index (χ0) is 21.9. The van der Waals surface area contributed by atoms with Crippen LogP contribution >= 0.6 is 0 Å². The molecule has 0 unspecified atom stereocenters. The molecular formula is C20H21F3N4O3. The van der Waals surface area contributed by atoms with Crippen molar-refractivity contribution in [2.24, 2.45) is 0 Å². The lowest BCUT2D eigenvalue weighted by Gasteiger charge is -2.34. The van der Waals surface area contributed by atoms with Gasteiger partial charge in [0.25, 0.3) is 5.91 Å². The van der Waals surface area contributed by atoms with Gasteiger partial charge >= 0.3 is 6.18 Å². The summed E-state index contributed by atoms with van der Waals surface area (Å²) >= 11 is 0. The summed E-state index contributed by atoms with van der Waals surface area (Å²) in [5.41, 5.74) is -0.245. The SMILES string of the molecule is CC(=O)N1CCN(C(=O)c2cccn2CC(=O)Nc2ccc(C(F)(F)F)cc2)CC1. The molecule has 0 spiro atoms. The average molecular weight is 422 g/mol. The van der Waals surface area contributed by atoms with Crippen molar-refractivity contribution >= 4 is 23.4 Å². The highest BCUT2D eigenvalue weighted by Gasteiger charge is 2.30. The van der Waals surface area contributed by atoms with E-state index in [4.69, 9.17) is 0 Å². The molecule has 1 saturated heterocycles. The van der Waals surface area contributed by atoms with Crippen molar-refractivity contribution in [2.75, 3.05) is 31.5 Å². The Labute approximate surface area is 171 Å². The number of amides is 3. The predicted molar refractivity (Wildman–Crippen MR) is 103 cm³/mol. The molecule has 2 heterocycles. The van der Waals surface area contributed by atoms with E-state index in [0.29, 0.717) is 31.9 Å². The number of piperazine rings is 1. The van der Waals surface area contributed by atoms with Crippen molar-refractivity contribution in [3.8, 4) is 0 Å². The van der Waals surface area contributed by atoms with Gasteiger partial charge in [-0.05, 0) is 36.4 Å². The Bertz CT molecular complexity index is 930. The fraction of sp³-hybridized carbons (Fsp3) is 0.350. The van der Waals surface area contributed by atoms with Crippen LogP contribution in [-0.4, -0.2) is 58.3 Å². The van der Waals surface area contributed by atoms with Crippen LogP contribution in [0.5, 0.6) is 0 Å². The number of carbonyl (C=O) groups excluding carboxylic acids is 3. The number of hydrogen-bond acceptors (Lipinski definition) is 3. The van der Waals surface area contributed by atoms with Crippen LogP contribution in [0.25, 0.3) is 0 Å². The van der Waals surface area contributed by atoms with E-state index < -0.39 is 17.6 Å². The highest BCUT2D eigenvalue weighted by molar-refractivity contribution is 5.95. The van der Waals surface area contributed by atoms with Gasteiger partial charge in [0.15, 0.2) is 0 Å². The first-order valence-electron chi connectivity index (χ1n) is 9.32. The Morgan fingerprint density at radius 1 is 0.967 bits per heavy atom. The number of halogens is 3. The fourth-order valence-electron chi connectivity index (χ4n) is 3.23. The monoisotopic (exact) mass is 422 g/mol. The van der Waals surface area contributed by atoms with Crippen molar-refractivity contribution in [3.05, 3.63) is 53.9 Å². The maximum absolute atomic E-state index is 12.8. The minimum atomic E-state index is -4.45. The van der Waals surface area contributed by atoms with Gasteiger partial charge in [-0.15, -0.1) is 0 Å². The van der Waals surface area contributed by atoms with Crippen LogP contribution in [0, 0.1) is 0 Å². The number of alkyl halides is 3. The molecule has 1 aromatic heterocycles. The molecule has 1 N–H and O–H groups in total. The molecule has 10 heteroatoms. The van der Waals surface area contributed by atoms with Crippen LogP contribution in [0.1, 0.15) is 23.0 Å². The Kier molecular flexibility index (Phi) is 6.14. The Morgan fingerprint density at radius 2 is 1.57 bits per heavy atom. The van der Waals surface area contributed by atoms with Crippen molar-refractivity contribution in [2.45, 2.75) is 19.6 Å². The second kappa shape index (κ2) is 8.60. The molecule has 0 atom stereocenters. The van der Waals surface area contributed by atoms with Gasteiger partial charge in [0.2, 0.25) is 11.8 Å². The highest BCUT2D eigenvalue weighted by atomic mass is 19.4. The van der Waals surface area contributed by atoms with Crippen LogP contribution in [0.2, 0.25) is 0 Å². The summed E-state index contributed by atoms with van der Waals surface area (Å²) in [5, 5.41) is 2.53. The predicted octanol–water partition coefficient (Wildman–Crippen LogP) is 2.45. The van der Waals surface area contributed by atoms with Gasteiger partial charge in [-0.1, -0.05) is 0 Å². The van der Waals surface area contributed by atoms with Crippen molar-refractivity contribution in [3.63, 3.8) is 0 Å². The zero-order valence-corrected chi connectivity index (χ0v) is 16.3. The molecule has 30 heavy (non-hydrogen) atoms. The quantitative estimate of drug-likeness (QED) is 0.823. The topological polar surface area (TPSA) is 74.7 Å². The summed E-state index contributed by atoms with van der Waals surface area (Å²) < 4.78 is 39.4. The van der Waals surface area contributed by atoms with E-state index in [1.165, 1.54) is 23.6 Å². The molecule has 0 bridgehead atoms. The highest BCUT2D eigenvalue weighted by Crippen LogP contribution is 2.29. The molecule has 1 aliphatic rings. The number of hydrogen-bond donors (Lipinski definition) is 1.